The molecular formula is C18H19F3N4O2. The number of nitrogens with zero attached hydrogens (tertiary/aromatic N) is 3. The molecule has 1 aromatic carbocycles. The SMILES string of the molecule is Cc1nccc(OC2CCCN(C(=O)Nc3ccc(C(F)(F)F)cc3)C2)n1. The van der Waals surface area contributed by atoms with Crippen molar-refractivity contribution >= 4 is 11.7 Å². The normalized spacial score (nSPS) is 17.5. The van der Waals surface area contributed by atoms with Crippen molar-refractivity contribution in [2.45, 2.75) is 32.0 Å². The number of carbonyl (C=O) groups excluding carboxylic acids is 1. The van der Waals surface area contributed by atoms with Gasteiger partial charge in [0.1, 0.15) is 11.9 Å². The molecule has 1 N–H and O–H groups in total. The Bertz CT molecular complexity index is 796. The largest absolute Gasteiger partial charge is 0.472 e. The van der Waals surface area contributed by atoms with Crippen LogP contribution in [-0.4, -0.2) is 40.1 Å². The fourth-order valence-electron chi connectivity index (χ4n) is 2.83. The molecular weight excluding hydrogens is 361 g/mol. The van der Waals surface area contributed by atoms with Crippen molar-refractivity contribution < 1.29 is 22.7 Å². The number of benzene rings is 1. The molecule has 2 amide bonds. The summed E-state index contributed by atoms with van der Waals surface area (Å²) in [6.45, 7) is 2.68. The topological polar surface area (TPSA) is 67.3 Å². The number of ether oxygens (including phenoxy) is 1. The van der Waals surface area contributed by atoms with E-state index >= 15 is 0 Å². The molecule has 27 heavy (non-hydrogen) atoms. The maximum absolute atomic E-state index is 12.6. The van der Waals surface area contributed by atoms with E-state index in [0.717, 1.165) is 25.0 Å². The van der Waals surface area contributed by atoms with Crippen molar-refractivity contribution in [3.63, 3.8) is 0 Å². The number of likely N-dealkylation sites (tertiary alicyclic amines) is 1. The fraction of sp³-hybridized carbons (Fsp3) is 0.389. The highest BCUT2D eigenvalue weighted by Crippen LogP contribution is 2.30. The van der Waals surface area contributed by atoms with Gasteiger partial charge < -0.3 is 15.0 Å². The summed E-state index contributed by atoms with van der Waals surface area (Å²) in [6.07, 6.45) is -1.46. The molecule has 1 fully saturated rings. The van der Waals surface area contributed by atoms with Crippen molar-refractivity contribution in [2.24, 2.45) is 0 Å². The van der Waals surface area contributed by atoms with Crippen molar-refractivity contribution in [3.05, 3.63) is 47.9 Å². The van der Waals surface area contributed by atoms with E-state index in [-0.39, 0.29) is 12.1 Å². The standard InChI is InChI=1S/C18H19F3N4O2/c1-12-22-9-8-16(23-12)27-15-3-2-10-25(11-15)17(26)24-14-6-4-13(5-7-14)18(19,20)21/h4-9,15H,2-3,10-11H2,1H3,(H,24,26). The first kappa shape index (κ1) is 18.9. The van der Waals surface area contributed by atoms with Crippen molar-refractivity contribution in [2.75, 3.05) is 18.4 Å². The summed E-state index contributed by atoms with van der Waals surface area (Å²) in [5, 5.41) is 2.62. The Hall–Kier alpha value is -2.84. The summed E-state index contributed by atoms with van der Waals surface area (Å²) in [4.78, 5) is 22.2. The third-order valence-corrected chi connectivity index (χ3v) is 4.17. The van der Waals surface area contributed by atoms with E-state index in [1.807, 2.05) is 0 Å². The van der Waals surface area contributed by atoms with Crippen LogP contribution in [0.15, 0.2) is 36.5 Å². The Morgan fingerprint density at radius 3 is 2.67 bits per heavy atom. The number of nitrogens with one attached hydrogen (secondary N) is 1. The predicted octanol–water partition coefficient (Wildman–Crippen LogP) is 3.88. The Morgan fingerprint density at radius 2 is 2.00 bits per heavy atom. The van der Waals surface area contributed by atoms with Crippen molar-refractivity contribution in [1.82, 2.24) is 14.9 Å². The van der Waals surface area contributed by atoms with Gasteiger partial charge in [-0.05, 0) is 44.0 Å². The smallest absolute Gasteiger partial charge is 0.416 e. The number of hydrogen-bond donors (Lipinski definition) is 1. The molecule has 9 heteroatoms. The minimum atomic E-state index is -4.40. The zero-order valence-electron chi connectivity index (χ0n) is 14.7. The van der Waals surface area contributed by atoms with E-state index in [1.54, 1.807) is 24.1 Å². The lowest BCUT2D eigenvalue weighted by molar-refractivity contribution is -0.137. The molecule has 2 heterocycles. The quantitative estimate of drug-likeness (QED) is 0.878. The van der Waals surface area contributed by atoms with Crippen molar-refractivity contribution in [1.29, 1.82) is 0 Å². The Morgan fingerprint density at radius 1 is 1.26 bits per heavy atom. The van der Waals surface area contributed by atoms with Gasteiger partial charge in [0.05, 0.1) is 12.1 Å². The van der Waals surface area contributed by atoms with Gasteiger partial charge in [0.15, 0.2) is 0 Å². The molecule has 1 aliphatic heterocycles. The van der Waals surface area contributed by atoms with Gasteiger partial charge in [-0.3, -0.25) is 0 Å². The summed E-state index contributed by atoms with van der Waals surface area (Å²) < 4.78 is 43.6. The molecule has 6 nitrogen and oxygen atoms in total. The van der Waals surface area contributed by atoms with Crippen LogP contribution in [0.5, 0.6) is 5.88 Å². The lowest BCUT2D eigenvalue weighted by Gasteiger charge is -2.32. The second-order valence-electron chi connectivity index (χ2n) is 6.28. The molecule has 0 saturated carbocycles. The number of halogens is 3. The van der Waals surface area contributed by atoms with Gasteiger partial charge in [0, 0.05) is 24.5 Å². The van der Waals surface area contributed by atoms with Gasteiger partial charge in [-0.25, -0.2) is 9.78 Å². The average Bonchev–Trinajstić information content (AvgIpc) is 2.62. The van der Waals surface area contributed by atoms with Crippen LogP contribution >= 0.6 is 0 Å². The van der Waals surface area contributed by atoms with Crippen LogP contribution in [0.1, 0.15) is 24.2 Å². The van der Waals surface area contributed by atoms with Crippen LogP contribution in [-0.2, 0) is 6.18 Å². The number of aromatic nitrogens is 2. The van der Waals surface area contributed by atoms with Gasteiger partial charge in [0.25, 0.3) is 0 Å². The molecule has 2 aromatic rings. The second-order valence-corrected chi connectivity index (χ2v) is 6.28. The average molecular weight is 380 g/mol. The van der Waals surface area contributed by atoms with E-state index in [2.05, 4.69) is 15.3 Å². The number of hydrogen-bond acceptors (Lipinski definition) is 4. The van der Waals surface area contributed by atoms with Gasteiger partial charge in [-0.2, -0.15) is 18.2 Å². The number of anilines is 1. The van der Waals surface area contributed by atoms with Crippen LogP contribution in [0.4, 0.5) is 23.7 Å². The fourth-order valence-corrected chi connectivity index (χ4v) is 2.83. The number of carbonyl (C=O) groups is 1. The lowest BCUT2D eigenvalue weighted by Crippen LogP contribution is -2.46. The lowest BCUT2D eigenvalue weighted by atomic mass is 10.1. The molecule has 144 valence electrons. The molecule has 0 bridgehead atoms. The Balaban J connectivity index is 1.58. The maximum Gasteiger partial charge on any atom is 0.416 e. The molecule has 1 saturated heterocycles. The van der Waals surface area contributed by atoms with Gasteiger partial charge >= 0.3 is 12.2 Å². The molecule has 3 rings (SSSR count). The summed E-state index contributed by atoms with van der Waals surface area (Å²) in [7, 11) is 0. The highest BCUT2D eigenvalue weighted by atomic mass is 19.4. The number of amides is 2. The van der Waals surface area contributed by atoms with Crippen LogP contribution < -0.4 is 10.1 Å². The molecule has 1 aromatic heterocycles. The van der Waals surface area contributed by atoms with E-state index in [1.165, 1.54) is 12.1 Å². The number of piperidine rings is 1. The summed E-state index contributed by atoms with van der Waals surface area (Å²) >= 11 is 0. The maximum atomic E-state index is 12.6. The zero-order chi connectivity index (χ0) is 19.4. The van der Waals surface area contributed by atoms with Crippen molar-refractivity contribution in [3.8, 4) is 5.88 Å². The number of urea groups is 1. The molecule has 1 aliphatic rings. The first-order chi connectivity index (χ1) is 12.8. The monoisotopic (exact) mass is 380 g/mol. The number of aryl methyl sites for hydroxylation is 1. The summed E-state index contributed by atoms with van der Waals surface area (Å²) in [6, 6.07) is 5.64. The highest BCUT2D eigenvalue weighted by molar-refractivity contribution is 5.89. The van der Waals surface area contributed by atoms with E-state index < -0.39 is 11.7 Å². The molecule has 1 atom stereocenters. The first-order valence-electron chi connectivity index (χ1n) is 8.51. The summed E-state index contributed by atoms with van der Waals surface area (Å²) in [5.74, 6) is 1.05. The Labute approximate surface area is 154 Å². The number of alkyl halides is 3. The molecule has 1 unspecified atom stereocenters. The molecule has 0 aliphatic carbocycles. The predicted molar refractivity (Wildman–Crippen MR) is 92.5 cm³/mol. The van der Waals surface area contributed by atoms with E-state index in [4.69, 9.17) is 4.74 Å². The van der Waals surface area contributed by atoms with Crippen LogP contribution in [0.3, 0.4) is 0 Å². The van der Waals surface area contributed by atoms with Gasteiger partial charge in [-0.1, -0.05) is 0 Å². The zero-order valence-corrected chi connectivity index (χ0v) is 14.7. The third kappa shape index (κ3) is 5.08. The minimum Gasteiger partial charge on any atom is -0.472 e. The highest BCUT2D eigenvalue weighted by Gasteiger charge is 2.30. The Kier molecular flexibility index (Phi) is 5.48. The second kappa shape index (κ2) is 7.81. The summed E-state index contributed by atoms with van der Waals surface area (Å²) in [5.41, 5.74) is -0.449. The van der Waals surface area contributed by atoms with Gasteiger partial charge in [0.2, 0.25) is 5.88 Å². The van der Waals surface area contributed by atoms with Crippen LogP contribution in [0, 0.1) is 6.92 Å². The van der Waals surface area contributed by atoms with Gasteiger partial charge in [-0.15, -0.1) is 0 Å². The van der Waals surface area contributed by atoms with E-state index in [0.29, 0.717) is 30.5 Å². The van der Waals surface area contributed by atoms with Crippen LogP contribution in [0.25, 0.3) is 0 Å². The molecule has 0 spiro atoms. The molecule has 0 radical (unpaired) electrons. The van der Waals surface area contributed by atoms with E-state index in [9.17, 15) is 18.0 Å². The minimum absolute atomic E-state index is 0.202. The number of rotatable bonds is 3. The van der Waals surface area contributed by atoms with Crippen LogP contribution in [0.2, 0.25) is 0 Å². The third-order valence-electron chi connectivity index (χ3n) is 4.17. The first-order valence-corrected chi connectivity index (χ1v) is 8.51.